The van der Waals surface area contributed by atoms with Crippen LogP contribution in [0.15, 0.2) is 41.1 Å². The number of ether oxygens (including phenoxy) is 1. The van der Waals surface area contributed by atoms with Crippen molar-refractivity contribution in [3.8, 4) is 11.5 Å². The lowest BCUT2D eigenvalue weighted by molar-refractivity contribution is 0.436. The van der Waals surface area contributed by atoms with Crippen molar-refractivity contribution < 1.29 is 9.13 Å². The third kappa shape index (κ3) is 2.81. The first-order chi connectivity index (χ1) is 8.20. The van der Waals surface area contributed by atoms with Crippen molar-refractivity contribution in [2.75, 3.05) is 0 Å². The van der Waals surface area contributed by atoms with Crippen molar-refractivity contribution in [3.05, 3.63) is 52.5 Å². The van der Waals surface area contributed by atoms with Crippen molar-refractivity contribution in [3.63, 3.8) is 0 Å². The predicted molar refractivity (Wildman–Crippen MR) is 66.3 cm³/mol. The molecule has 2 aromatic rings. The first-order valence-corrected chi connectivity index (χ1v) is 5.76. The molecule has 5 heteroatoms. The minimum atomic E-state index is -0.439. The molecular formula is C12H10BrFN2O. The molecule has 88 valence electrons. The highest BCUT2D eigenvalue weighted by atomic mass is 79.9. The van der Waals surface area contributed by atoms with Crippen molar-refractivity contribution in [1.29, 1.82) is 0 Å². The predicted octanol–water partition coefficient (Wildman–Crippen LogP) is 3.23. The second-order valence-electron chi connectivity index (χ2n) is 3.36. The third-order valence-corrected chi connectivity index (χ3v) is 2.70. The van der Waals surface area contributed by atoms with Gasteiger partial charge in [0.25, 0.3) is 0 Å². The van der Waals surface area contributed by atoms with Crippen LogP contribution < -0.4 is 10.5 Å². The van der Waals surface area contributed by atoms with E-state index in [1.165, 1.54) is 12.3 Å². The molecule has 0 saturated carbocycles. The summed E-state index contributed by atoms with van der Waals surface area (Å²) in [5.74, 6) is 0.179. The molecule has 0 fully saturated rings. The molecule has 0 aliphatic carbocycles. The molecule has 1 aromatic heterocycles. The monoisotopic (exact) mass is 296 g/mol. The molecule has 0 aliphatic heterocycles. The van der Waals surface area contributed by atoms with Crippen molar-refractivity contribution >= 4 is 15.9 Å². The highest BCUT2D eigenvalue weighted by Crippen LogP contribution is 2.28. The Morgan fingerprint density at radius 3 is 2.82 bits per heavy atom. The van der Waals surface area contributed by atoms with Gasteiger partial charge in [0.2, 0.25) is 0 Å². The molecule has 17 heavy (non-hydrogen) atoms. The average molecular weight is 297 g/mol. The maximum Gasteiger partial charge on any atom is 0.166 e. The second-order valence-corrected chi connectivity index (χ2v) is 4.28. The molecule has 0 amide bonds. The van der Waals surface area contributed by atoms with Crippen LogP contribution in [0.1, 0.15) is 5.56 Å². The fraction of sp³-hybridized carbons (Fsp3) is 0.0833. The lowest BCUT2D eigenvalue weighted by atomic mass is 10.2. The van der Waals surface area contributed by atoms with Crippen LogP contribution in [0.3, 0.4) is 0 Å². The number of pyridine rings is 1. The Labute approximate surface area is 107 Å². The highest BCUT2D eigenvalue weighted by Gasteiger charge is 2.08. The molecule has 2 N–H and O–H groups in total. The van der Waals surface area contributed by atoms with Gasteiger partial charge in [0.15, 0.2) is 11.6 Å². The number of hydrogen-bond donors (Lipinski definition) is 1. The van der Waals surface area contributed by atoms with Crippen LogP contribution in [0, 0.1) is 5.82 Å². The second kappa shape index (κ2) is 5.25. The van der Waals surface area contributed by atoms with E-state index < -0.39 is 5.82 Å². The summed E-state index contributed by atoms with van der Waals surface area (Å²) >= 11 is 3.18. The SMILES string of the molecule is NCc1ccncc1Oc1ccc(Br)cc1F. The number of benzene rings is 1. The van der Waals surface area contributed by atoms with Gasteiger partial charge in [-0.05, 0) is 24.3 Å². The zero-order valence-electron chi connectivity index (χ0n) is 8.86. The van der Waals surface area contributed by atoms with Gasteiger partial charge >= 0.3 is 0 Å². The summed E-state index contributed by atoms with van der Waals surface area (Å²) in [6, 6.07) is 6.34. The standard InChI is InChI=1S/C12H10BrFN2O/c13-9-1-2-11(10(14)5-9)17-12-7-16-4-3-8(12)6-15/h1-5,7H,6,15H2. The average Bonchev–Trinajstić information content (AvgIpc) is 2.33. The summed E-state index contributed by atoms with van der Waals surface area (Å²) in [5, 5.41) is 0. The van der Waals surface area contributed by atoms with E-state index in [2.05, 4.69) is 20.9 Å². The van der Waals surface area contributed by atoms with E-state index in [1.54, 1.807) is 24.4 Å². The summed E-state index contributed by atoms with van der Waals surface area (Å²) in [5.41, 5.74) is 6.34. The van der Waals surface area contributed by atoms with Gasteiger partial charge in [0, 0.05) is 22.8 Å². The molecule has 2 rings (SSSR count). The highest BCUT2D eigenvalue weighted by molar-refractivity contribution is 9.10. The number of nitrogens with zero attached hydrogens (tertiary/aromatic N) is 1. The van der Waals surface area contributed by atoms with Crippen molar-refractivity contribution in [2.24, 2.45) is 5.73 Å². The van der Waals surface area contributed by atoms with Gasteiger partial charge in [-0.3, -0.25) is 4.98 Å². The Bertz CT molecular complexity index is 534. The largest absolute Gasteiger partial charge is 0.452 e. The number of halogens is 2. The number of aromatic nitrogens is 1. The van der Waals surface area contributed by atoms with E-state index in [-0.39, 0.29) is 5.75 Å². The fourth-order valence-corrected chi connectivity index (χ4v) is 1.68. The normalized spacial score (nSPS) is 10.3. The Balaban J connectivity index is 2.31. The molecule has 0 unspecified atom stereocenters. The Hall–Kier alpha value is -1.46. The molecular weight excluding hydrogens is 287 g/mol. The Kier molecular flexibility index (Phi) is 3.71. The van der Waals surface area contributed by atoms with Crippen LogP contribution >= 0.6 is 15.9 Å². The van der Waals surface area contributed by atoms with Crippen LogP contribution in [-0.2, 0) is 6.54 Å². The molecule has 0 aliphatic rings. The van der Waals surface area contributed by atoms with Gasteiger partial charge in [-0.2, -0.15) is 0 Å². The molecule has 0 spiro atoms. The summed E-state index contributed by atoms with van der Waals surface area (Å²) < 4.78 is 19.7. The molecule has 1 heterocycles. The molecule has 3 nitrogen and oxygen atoms in total. The van der Waals surface area contributed by atoms with Gasteiger partial charge in [-0.25, -0.2) is 4.39 Å². The molecule has 0 saturated heterocycles. The summed E-state index contributed by atoms with van der Waals surface area (Å²) in [4.78, 5) is 3.92. The minimum Gasteiger partial charge on any atom is -0.452 e. The Morgan fingerprint density at radius 1 is 1.29 bits per heavy atom. The van der Waals surface area contributed by atoms with Crippen molar-refractivity contribution in [1.82, 2.24) is 4.98 Å². The van der Waals surface area contributed by atoms with Gasteiger partial charge in [0.05, 0.1) is 6.20 Å². The summed E-state index contributed by atoms with van der Waals surface area (Å²) in [7, 11) is 0. The third-order valence-electron chi connectivity index (χ3n) is 2.20. The van der Waals surface area contributed by atoms with Gasteiger partial charge < -0.3 is 10.5 Å². The maximum atomic E-state index is 13.6. The fourth-order valence-electron chi connectivity index (χ4n) is 1.35. The zero-order chi connectivity index (χ0) is 12.3. The quantitative estimate of drug-likeness (QED) is 0.946. The van der Waals surface area contributed by atoms with Crippen molar-refractivity contribution in [2.45, 2.75) is 6.54 Å². The van der Waals surface area contributed by atoms with E-state index in [1.807, 2.05) is 0 Å². The number of hydrogen-bond acceptors (Lipinski definition) is 3. The van der Waals surface area contributed by atoms with Crippen LogP contribution in [0.25, 0.3) is 0 Å². The van der Waals surface area contributed by atoms with E-state index in [0.29, 0.717) is 16.8 Å². The van der Waals surface area contributed by atoms with Gasteiger partial charge in [0.1, 0.15) is 5.75 Å². The molecule has 0 bridgehead atoms. The maximum absolute atomic E-state index is 13.6. The first-order valence-electron chi connectivity index (χ1n) is 4.96. The van der Waals surface area contributed by atoms with Crippen LogP contribution in [0.4, 0.5) is 4.39 Å². The first kappa shape index (κ1) is 12.0. The van der Waals surface area contributed by atoms with Crippen LogP contribution in [0.2, 0.25) is 0 Å². The Morgan fingerprint density at radius 2 is 2.12 bits per heavy atom. The minimum absolute atomic E-state index is 0.149. The van der Waals surface area contributed by atoms with Gasteiger partial charge in [-0.1, -0.05) is 15.9 Å². The summed E-state index contributed by atoms with van der Waals surface area (Å²) in [6.07, 6.45) is 3.14. The molecule has 0 radical (unpaired) electrons. The lowest BCUT2D eigenvalue weighted by Crippen LogP contribution is -2.00. The van der Waals surface area contributed by atoms with E-state index in [9.17, 15) is 4.39 Å². The van der Waals surface area contributed by atoms with Crippen LogP contribution in [0.5, 0.6) is 11.5 Å². The van der Waals surface area contributed by atoms with E-state index >= 15 is 0 Å². The van der Waals surface area contributed by atoms with E-state index in [4.69, 9.17) is 10.5 Å². The van der Waals surface area contributed by atoms with Crippen LogP contribution in [-0.4, -0.2) is 4.98 Å². The summed E-state index contributed by atoms with van der Waals surface area (Å²) in [6.45, 7) is 0.315. The lowest BCUT2D eigenvalue weighted by Gasteiger charge is -2.09. The molecule has 0 atom stereocenters. The topological polar surface area (TPSA) is 48.1 Å². The van der Waals surface area contributed by atoms with E-state index in [0.717, 1.165) is 5.56 Å². The smallest absolute Gasteiger partial charge is 0.166 e. The molecule has 1 aromatic carbocycles. The number of nitrogens with two attached hydrogens (primary N) is 1. The number of rotatable bonds is 3. The zero-order valence-corrected chi connectivity index (χ0v) is 10.4. The van der Waals surface area contributed by atoms with Gasteiger partial charge in [-0.15, -0.1) is 0 Å².